The van der Waals surface area contributed by atoms with Crippen molar-refractivity contribution in [2.75, 3.05) is 6.61 Å². The van der Waals surface area contributed by atoms with E-state index in [1.54, 1.807) is 12.1 Å². The Morgan fingerprint density at radius 1 is 1.53 bits per heavy atom. The maximum absolute atomic E-state index is 11.2. The van der Waals surface area contributed by atoms with Crippen molar-refractivity contribution in [1.29, 1.82) is 0 Å². The number of nitrogens with zero attached hydrogens (tertiary/aromatic N) is 1. The van der Waals surface area contributed by atoms with Crippen molar-refractivity contribution in [1.82, 2.24) is 5.32 Å². The Kier molecular flexibility index (Phi) is 1.89. The lowest BCUT2D eigenvalue weighted by molar-refractivity contribution is -0.385. The van der Waals surface area contributed by atoms with Crippen LogP contribution in [0.3, 0.4) is 0 Å². The van der Waals surface area contributed by atoms with Gasteiger partial charge in [0.05, 0.1) is 17.1 Å². The van der Waals surface area contributed by atoms with E-state index in [9.17, 15) is 14.9 Å². The Balaban J connectivity index is 1.97. The summed E-state index contributed by atoms with van der Waals surface area (Å²) in [7, 11) is 0. The Bertz CT molecular complexity index is 516. The van der Waals surface area contributed by atoms with E-state index in [2.05, 4.69) is 5.32 Å². The van der Waals surface area contributed by atoms with Gasteiger partial charge in [-0.15, -0.1) is 0 Å². The van der Waals surface area contributed by atoms with E-state index < -0.39 is 16.6 Å². The summed E-state index contributed by atoms with van der Waals surface area (Å²) in [5, 5.41) is 13.5. The molecule has 2 aliphatic rings. The quantitative estimate of drug-likeness (QED) is 0.621. The van der Waals surface area contributed by atoms with Gasteiger partial charge in [-0.2, -0.15) is 0 Å². The van der Waals surface area contributed by atoms with Crippen molar-refractivity contribution in [2.24, 2.45) is 5.92 Å². The number of ether oxygens (including phenoxy) is 1. The Morgan fingerprint density at radius 2 is 2.35 bits per heavy atom. The number of cyclic esters (lactones) is 1. The van der Waals surface area contributed by atoms with Gasteiger partial charge in [0.15, 0.2) is 0 Å². The molecule has 17 heavy (non-hydrogen) atoms. The molecule has 6 nitrogen and oxygen atoms in total. The molecule has 0 unspecified atom stereocenters. The first-order valence-corrected chi connectivity index (χ1v) is 5.32. The molecule has 1 amide bonds. The highest BCUT2D eigenvalue weighted by Crippen LogP contribution is 2.54. The van der Waals surface area contributed by atoms with Crippen LogP contribution in [-0.2, 0) is 10.3 Å². The standard InChI is InChI=1S/C11H10N2O4/c14-10-12-11(5-8(11)6-17-10)7-2-1-3-9(4-7)13(15)16/h1-4,8H,5-6H2,(H,12,14)/t8-,11-/m1/s1. The van der Waals surface area contributed by atoms with Crippen LogP contribution in [0.15, 0.2) is 24.3 Å². The van der Waals surface area contributed by atoms with Crippen molar-refractivity contribution >= 4 is 11.8 Å². The van der Waals surface area contributed by atoms with Crippen LogP contribution in [0.5, 0.6) is 0 Å². The maximum Gasteiger partial charge on any atom is 0.407 e. The van der Waals surface area contributed by atoms with Gasteiger partial charge >= 0.3 is 6.09 Å². The number of rotatable bonds is 2. The Morgan fingerprint density at radius 3 is 3.12 bits per heavy atom. The lowest BCUT2D eigenvalue weighted by Gasteiger charge is -2.23. The van der Waals surface area contributed by atoms with Gasteiger partial charge < -0.3 is 10.1 Å². The van der Waals surface area contributed by atoms with Crippen molar-refractivity contribution in [3.05, 3.63) is 39.9 Å². The number of carbonyl (C=O) groups is 1. The highest BCUT2D eigenvalue weighted by Gasteiger charge is 2.60. The number of nitro groups is 1. The second kappa shape index (κ2) is 3.19. The minimum absolute atomic E-state index is 0.0447. The van der Waals surface area contributed by atoms with Crippen molar-refractivity contribution in [2.45, 2.75) is 12.0 Å². The minimum atomic E-state index is -0.453. The maximum atomic E-state index is 11.2. The first-order valence-electron chi connectivity index (χ1n) is 5.32. The summed E-state index contributed by atoms with van der Waals surface area (Å²) in [5.41, 5.74) is 0.387. The molecule has 1 aliphatic carbocycles. The van der Waals surface area contributed by atoms with E-state index in [4.69, 9.17) is 4.74 Å². The third-order valence-electron chi connectivity index (χ3n) is 3.42. The molecule has 1 saturated carbocycles. The largest absolute Gasteiger partial charge is 0.449 e. The van der Waals surface area contributed by atoms with Gasteiger partial charge in [0.25, 0.3) is 5.69 Å². The molecule has 1 saturated heterocycles. The Labute approximate surface area is 96.7 Å². The third kappa shape index (κ3) is 1.44. The topological polar surface area (TPSA) is 81.5 Å². The van der Waals surface area contributed by atoms with Crippen molar-refractivity contribution in [3.63, 3.8) is 0 Å². The molecule has 0 aromatic heterocycles. The third-order valence-corrected chi connectivity index (χ3v) is 3.42. The van der Waals surface area contributed by atoms with Crippen LogP contribution in [0.2, 0.25) is 0 Å². The predicted molar refractivity (Wildman–Crippen MR) is 57.4 cm³/mol. The van der Waals surface area contributed by atoms with E-state index in [1.807, 2.05) is 0 Å². The average Bonchev–Trinajstić information content (AvgIpc) is 3.04. The number of nitrogens with one attached hydrogen (secondary N) is 1. The van der Waals surface area contributed by atoms with E-state index in [1.165, 1.54) is 12.1 Å². The molecule has 2 fully saturated rings. The SMILES string of the molecule is O=C1N[C@@]2(c3cccc([N+](=O)[O-])c3)C[C@@H]2CO1. The lowest BCUT2D eigenvalue weighted by atomic mass is 10.0. The molecular formula is C11H10N2O4. The molecule has 2 atom stereocenters. The zero-order valence-electron chi connectivity index (χ0n) is 8.88. The molecule has 1 aromatic rings. The summed E-state index contributed by atoms with van der Waals surface area (Å²) in [5.74, 6) is 0.224. The van der Waals surface area contributed by atoms with Gasteiger partial charge in [-0.3, -0.25) is 10.1 Å². The normalized spacial score (nSPS) is 29.9. The second-order valence-electron chi connectivity index (χ2n) is 4.40. The van der Waals surface area contributed by atoms with Crippen LogP contribution in [0.1, 0.15) is 12.0 Å². The molecule has 1 heterocycles. The molecule has 1 aliphatic heterocycles. The molecule has 1 aromatic carbocycles. The second-order valence-corrected chi connectivity index (χ2v) is 4.40. The number of benzene rings is 1. The van der Waals surface area contributed by atoms with Gasteiger partial charge in [-0.05, 0) is 12.0 Å². The summed E-state index contributed by atoms with van der Waals surface area (Å²) in [6.45, 7) is 0.383. The van der Waals surface area contributed by atoms with Gasteiger partial charge in [-0.1, -0.05) is 12.1 Å². The lowest BCUT2D eigenvalue weighted by Crippen LogP contribution is -2.42. The fourth-order valence-electron chi connectivity index (χ4n) is 2.40. The summed E-state index contributed by atoms with van der Waals surface area (Å²) < 4.78 is 4.87. The van der Waals surface area contributed by atoms with Crippen LogP contribution in [0.25, 0.3) is 0 Å². The van der Waals surface area contributed by atoms with E-state index >= 15 is 0 Å². The van der Waals surface area contributed by atoms with Crippen LogP contribution >= 0.6 is 0 Å². The summed E-state index contributed by atoms with van der Waals surface area (Å²) in [6, 6.07) is 6.40. The summed E-state index contributed by atoms with van der Waals surface area (Å²) in [4.78, 5) is 21.5. The fourth-order valence-corrected chi connectivity index (χ4v) is 2.40. The summed E-state index contributed by atoms with van der Waals surface area (Å²) in [6.07, 6.45) is 0.324. The molecule has 0 spiro atoms. The monoisotopic (exact) mass is 234 g/mol. The zero-order chi connectivity index (χ0) is 12.0. The smallest absolute Gasteiger partial charge is 0.407 e. The molecule has 0 radical (unpaired) electrons. The number of non-ortho nitro benzene ring substituents is 1. The van der Waals surface area contributed by atoms with Crippen LogP contribution in [0, 0.1) is 16.0 Å². The van der Waals surface area contributed by atoms with Gasteiger partial charge in [0.2, 0.25) is 0 Å². The number of hydrogen-bond acceptors (Lipinski definition) is 4. The van der Waals surface area contributed by atoms with Crippen LogP contribution in [0.4, 0.5) is 10.5 Å². The number of amides is 1. The highest BCUT2D eigenvalue weighted by molar-refractivity contribution is 5.71. The molecule has 0 bridgehead atoms. The Hall–Kier alpha value is -2.11. The van der Waals surface area contributed by atoms with E-state index in [-0.39, 0.29) is 11.6 Å². The molecule has 88 valence electrons. The van der Waals surface area contributed by atoms with E-state index in [0.29, 0.717) is 6.61 Å². The first-order chi connectivity index (χ1) is 8.12. The van der Waals surface area contributed by atoms with Crippen molar-refractivity contribution in [3.8, 4) is 0 Å². The van der Waals surface area contributed by atoms with E-state index in [0.717, 1.165) is 12.0 Å². The first kappa shape index (κ1) is 10.1. The number of nitro benzene ring substituents is 1. The number of carbonyl (C=O) groups excluding carboxylic acids is 1. The number of hydrogen-bond donors (Lipinski definition) is 1. The fraction of sp³-hybridized carbons (Fsp3) is 0.364. The van der Waals surface area contributed by atoms with Gasteiger partial charge in [0, 0.05) is 18.1 Å². The highest BCUT2D eigenvalue weighted by atomic mass is 16.6. The average molecular weight is 234 g/mol. The predicted octanol–water partition coefficient (Wildman–Crippen LogP) is 1.55. The molecular weight excluding hydrogens is 224 g/mol. The van der Waals surface area contributed by atoms with Crippen LogP contribution in [-0.4, -0.2) is 17.6 Å². The van der Waals surface area contributed by atoms with Crippen LogP contribution < -0.4 is 5.32 Å². The van der Waals surface area contributed by atoms with Gasteiger partial charge in [0.1, 0.15) is 0 Å². The van der Waals surface area contributed by atoms with Crippen molar-refractivity contribution < 1.29 is 14.5 Å². The molecule has 6 heteroatoms. The minimum Gasteiger partial charge on any atom is -0.449 e. The number of alkyl carbamates (subject to hydrolysis) is 1. The number of fused-ring (bicyclic) bond motifs is 1. The van der Waals surface area contributed by atoms with Gasteiger partial charge in [-0.25, -0.2) is 4.79 Å². The molecule has 1 N–H and O–H groups in total. The zero-order valence-corrected chi connectivity index (χ0v) is 8.88. The summed E-state index contributed by atoms with van der Waals surface area (Å²) >= 11 is 0. The molecule has 3 rings (SSSR count).